The van der Waals surface area contributed by atoms with E-state index >= 15 is 0 Å². The highest BCUT2D eigenvalue weighted by atomic mass is 16.7. The normalized spacial score (nSPS) is 18.9. The SMILES string of the molecule is CCO[C@@H]1OC(C(=O)NCCc2c[nH]c3ccc(OC)cc23)=C[C@H](c2coc3ccccc3c2=O)[C@H]1CCCO. The average Bonchev–Trinajstić information content (AvgIpc) is 3.38. The van der Waals surface area contributed by atoms with E-state index in [-0.39, 0.29) is 23.7 Å². The lowest BCUT2D eigenvalue weighted by atomic mass is 9.81. The number of aromatic amines is 1. The Bertz CT molecular complexity index is 1570. The lowest BCUT2D eigenvalue weighted by molar-refractivity contribution is -0.166. The summed E-state index contributed by atoms with van der Waals surface area (Å²) in [6.45, 7) is 2.57. The molecule has 5 rings (SSSR count). The van der Waals surface area contributed by atoms with Crippen LogP contribution in [0.4, 0.5) is 0 Å². The number of carbonyl (C=O) groups is 1. The highest BCUT2D eigenvalue weighted by Gasteiger charge is 2.39. The monoisotopic (exact) mass is 546 g/mol. The van der Waals surface area contributed by atoms with Crippen molar-refractivity contribution >= 4 is 27.8 Å². The average molecular weight is 547 g/mol. The van der Waals surface area contributed by atoms with Gasteiger partial charge in [0.2, 0.25) is 6.29 Å². The Labute approximate surface area is 231 Å². The first-order valence-corrected chi connectivity index (χ1v) is 13.6. The molecule has 1 aliphatic rings. The van der Waals surface area contributed by atoms with Crippen LogP contribution in [0.1, 0.15) is 36.8 Å². The van der Waals surface area contributed by atoms with Crippen LogP contribution in [-0.4, -0.2) is 49.2 Å². The summed E-state index contributed by atoms with van der Waals surface area (Å²) in [5, 5.41) is 14.0. The number of methoxy groups -OCH3 is 1. The van der Waals surface area contributed by atoms with Gasteiger partial charge in [0, 0.05) is 54.3 Å². The molecule has 0 saturated carbocycles. The molecule has 0 fully saturated rings. The van der Waals surface area contributed by atoms with Crippen LogP contribution in [0, 0.1) is 5.92 Å². The van der Waals surface area contributed by atoms with E-state index in [4.69, 9.17) is 18.6 Å². The molecule has 4 aromatic rings. The number of hydrogen-bond donors (Lipinski definition) is 3. The van der Waals surface area contributed by atoms with E-state index in [0.29, 0.717) is 48.9 Å². The molecule has 9 nitrogen and oxygen atoms in total. The summed E-state index contributed by atoms with van der Waals surface area (Å²) >= 11 is 0. The fourth-order valence-electron chi connectivity index (χ4n) is 5.33. The first-order valence-electron chi connectivity index (χ1n) is 13.6. The van der Waals surface area contributed by atoms with Crippen molar-refractivity contribution in [2.45, 2.75) is 38.4 Å². The number of nitrogens with one attached hydrogen (secondary N) is 2. The van der Waals surface area contributed by atoms with Crippen molar-refractivity contribution in [3.63, 3.8) is 0 Å². The Kier molecular flexibility index (Phi) is 8.52. The number of H-pyrrole nitrogens is 1. The lowest BCUT2D eigenvalue weighted by Crippen LogP contribution is -2.40. The number of fused-ring (bicyclic) bond motifs is 2. The first kappa shape index (κ1) is 27.5. The second-order valence-electron chi connectivity index (χ2n) is 9.78. The number of aliphatic hydroxyl groups is 1. The highest BCUT2D eigenvalue weighted by molar-refractivity contribution is 5.92. The molecule has 2 aromatic heterocycles. The molecule has 3 N–H and O–H groups in total. The van der Waals surface area contributed by atoms with Crippen LogP contribution < -0.4 is 15.5 Å². The molecule has 40 heavy (non-hydrogen) atoms. The van der Waals surface area contributed by atoms with E-state index in [0.717, 1.165) is 22.2 Å². The van der Waals surface area contributed by atoms with Gasteiger partial charge in [-0.3, -0.25) is 9.59 Å². The molecule has 210 valence electrons. The summed E-state index contributed by atoms with van der Waals surface area (Å²) < 4.78 is 23.1. The second-order valence-corrected chi connectivity index (χ2v) is 9.78. The number of ether oxygens (including phenoxy) is 3. The van der Waals surface area contributed by atoms with Crippen LogP contribution in [-0.2, 0) is 20.7 Å². The third-order valence-electron chi connectivity index (χ3n) is 7.36. The number of allylic oxidation sites excluding steroid dienone is 1. The quantitative estimate of drug-likeness (QED) is 0.255. The Balaban J connectivity index is 1.40. The number of amides is 1. The molecule has 1 amide bonds. The van der Waals surface area contributed by atoms with Crippen LogP contribution in [0.3, 0.4) is 0 Å². The molecular weight excluding hydrogens is 512 g/mol. The van der Waals surface area contributed by atoms with Crippen LogP contribution in [0.5, 0.6) is 5.75 Å². The predicted molar refractivity (Wildman–Crippen MR) is 151 cm³/mol. The third-order valence-corrected chi connectivity index (χ3v) is 7.36. The van der Waals surface area contributed by atoms with Gasteiger partial charge >= 0.3 is 0 Å². The molecule has 3 atom stereocenters. The smallest absolute Gasteiger partial charge is 0.286 e. The van der Waals surface area contributed by atoms with Gasteiger partial charge in [-0.05, 0) is 68.2 Å². The summed E-state index contributed by atoms with van der Waals surface area (Å²) in [4.78, 5) is 30.1. The zero-order valence-electron chi connectivity index (χ0n) is 22.6. The van der Waals surface area contributed by atoms with Crippen LogP contribution >= 0.6 is 0 Å². The first-order chi connectivity index (χ1) is 19.5. The lowest BCUT2D eigenvalue weighted by Gasteiger charge is -2.36. The highest BCUT2D eigenvalue weighted by Crippen LogP contribution is 2.39. The molecule has 0 spiro atoms. The molecule has 0 radical (unpaired) electrons. The summed E-state index contributed by atoms with van der Waals surface area (Å²) in [6.07, 6.45) is 5.94. The number of rotatable bonds is 11. The maximum absolute atomic E-state index is 13.5. The summed E-state index contributed by atoms with van der Waals surface area (Å²) in [7, 11) is 1.63. The van der Waals surface area contributed by atoms with Gasteiger partial charge in [0.05, 0.1) is 18.8 Å². The minimum absolute atomic E-state index is 0.00877. The fraction of sp³-hybridized carbons (Fsp3) is 0.355. The minimum Gasteiger partial charge on any atom is -0.497 e. The van der Waals surface area contributed by atoms with Crippen molar-refractivity contribution < 1.29 is 28.5 Å². The van der Waals surface area contributed by atoms with Gasteiger partial charge < -0.3 is 34.0 Å². The van der Waals surface area contributed by atoms with Gasteiger partial charge in [0.1, 0.15) is 11.3 Å². The van der Waals surface area contributed by atoms with Crippen molar-refractivity contribution in [3.05, 3.63) is 88.1 Å². The summed E-state index contributed by atoms with van der Waals surface area (Å²) in [5.41, 5.74) is 2.80. The second kappa shape index (κ2) is 12.4. The molecule has 0 bridgehead atoms. The van der Waals surface area contributed by atoms with Crippen molar-refractivity contribution in [2.75, 3.05) is 26.9 Å². The number of benzene rings is 2. The van der Waals surface area contributed by atoms with Crippen LogP contribution in [0.25, 0.3) is 21.9 Å². The number of hydrogen-bond acceptors (Lipinski definition) is 7. The maximum atomic E-state index is 13.5. The number of carbonyl (C=O) groups excluding carboxylic acids is 1. The zero-order valence-corrected chi connectivity index (χ0v) is 22.6. The van der Waals surface area contributed by atoms with E-state index < -0.39 is 18.1 Å². The van der Waals surface area contributed by atoms with Gasteiger partial charge in [0.25, 0.3) is 5.91 Å². The third kappa shape index (κ3) is 5.61. The molecule has 3 heterocycles. The van der Waals surface area contributed by atoms with Crippen molar-refractivity contribution in [1.82, 2.24) is 10.3 Å². The van der Waals surface area contributed by atoms with Gasteiger partial charge in [0.15, 0.2) is 11.2 Å². The standard InChI is InChI=1S/C31H34N2O7/c1-3-38-31-21(8-6-14-34)24(25-18-39-27-9-5-4-7-22(27)29(25)35)16-28(40-31)30(36)32-13-12-19-17-33-26-11-10-20(37-2)15-23(19)26/h4-5,7,9-11,15-18,21,24,31,33-34H,3,6,8,12-14H2,1-2H3,(H,32,36)/t21-,24+,31-/m1/s1. The maximum Gasteiger partial charge on any atom is 0.286 e. The minimum atomic E-state index is -0.765. The van der Waals surface area contributed by atoms with Crippen molar-refractivity contribution in [3.8, 4) is 5.75 Å². The molecule has 0 aliphatic carbocycles. The van der Waals surface area contributed by atoms with Crippen molar-refractivity contribution in [1.29, 1.82) is 0 Å². The Morgan fingerprint density at radius 1 is 1.18 bits per heavy atom. The van der Waals surface area contributed by atoms with Crippen LogP contribution in [0.15, 0.2) is 76.0 Å². The Hall–Kier alpha value is -4.08. The molecule has 1 aliphatic heterocycles. The number of aliphatic hydroxyl groups excluding tert-OH is 1. The fourth-order valence-corrected chi connectivity index (χ4v) is 5.33. The van der Waals surface area contributed by atoms with E-state index in [9.17, 15) is 14.7 Å². The topological polar surface area (TPSA) is 123 Å². The Morgan fingerprint density at radius 3 is 2.83 bits per heavy atom. The molecular formula is C31H34N2O7. The van der Waals surface area contributed by atoms with E-state index in [1.165, 1.54) is 6.26 Å². The zero-order chi connectivity index (χ0) is 28.1. The molecule has 0 saturated heterocycles. The molecule has 2 aromatic carbocycles. The Morgan fingerprint density at radius 2 is 2.02 bits per heavy atom. The van der Waals surface area contributed by atoms with E-state index in [2.05, 4.69) is 10.3 Å². The van der Waals surface area contributed by atoms with Crippen LogP contribution in [0.2, 0.25) is 0 Å². The van der Waals surface area contributed by atoms with Gasteiger partial charge in [-0.15, -0.1) is 0 Å². The van der Waals surface area contributed by atoms with E-state index in [1.807, 2.05) is 37.4 Å². The number of aromatic nitrogens is 1. The van der Waals surface area contributed by atoms with Gasteiger partial charge in [-0.1, -0.05) is 12.1 Å². The largest absolute Gasteiger partial charge is 0.497 e. The molecule has 9 heteroatoms. The molecule has 0 unspecified atom stereocenters. The summed E-state index contributed by atoms with van der Waals surface area (Å²) in [6, 6.07) is 12.9. The van der Waals surface area contributed by atoms with E-state index in [1.54, 1.807) is 31.4 Å². The van der Waals surface area contributed by atoms with Crippen molar-refractivity contribution in [2.24, 2.45) is 5.92 Å². The van der Waals surface area contributed by atoms with Gasteiger partial charge in [-0.2, -0.15) is 0 Å². The van der Waals surface area contributed by atoms with Gasteiger partial charge in [-0.25, -0.2) is 0 Å². The summed E-state index contributed by atoms with van der Waals surface area (Å²) in [5.74, 6) is -0.330. The predicted octanol–water partition coefficient (Wildman–Crippen LogP) is 4.39. The number of para-hydroxylation sites is 1.